The molecular formula is C29H30ClIN2O5S. The molecule has 0 bridgehead atoms. The Kier molecular flexibility index (Phi) is 9.23. The van der Waals surface area contributed by atoms with Gasteiger partial charge >= 0.3 is 5.97 Å². The van der Waals surface area contributed by atoms with Crippen molar-refractivity contribution >= 4 is 74.3 Å². The van der Waals surface area contributed by atoms with E-state index in [9.17, 15) is 9.59 Å². The van der Waals surface area contributed by atoms with Crippen LogP contribution >= 0.6 is 45.5 Å². The average Bonchev–Trinajstić information content (AvgIpc) is 3.25. The fourth-order valence-corrected chi connectivity index (χ4v) is 6.76. The zero-order valence-electron chi connectivity index (χ0n) is 22.1. The SMILES string of the molecule is COc1cc(C=Nc2sc3c(c2C(=O)Nc2ccc(Cl)cc2)CC[C@H](C(C)(C)C)C3)cc(I)c1OCC(=O)O. The molecule has 0 fully saturated rings. The maximum absolute atomic E-state index is 13.6. The monoisotopic (exact) mass is 680 g/mol. The number of halogens is 2. The Morgan fingerprint density at radius 3 is 2.62 bits per heavy atom. The predicted octanol–water partition coefficient (Wildman–Crippen LogP) is 7.63. The van der Waals surface area contributed by atoms with Crippen molar-refractivity contribution in [2.24, 2.45) is 16.3 Å². The Bertz CT molecular complexity index is 1410. The molecular weight excluding hydrogens is 651 g/mol. The van der Waals surface area contributed by atoms with Crippen molar-refractivity contribution in [3.63, 3.8) is 0 Å². The Labute approximate surface area is 250 Å². The second kappa shape index (κ2) is 12.3. The summed E-state index contributed by atoms with van der Waals surface area (Å²) in [6.45, 7) is 6.33. The second-order valence-corrected chi connectivity index (χ2v) is 13.1. The maximum atomic E-state index is 13.6. The number of hydrogen-bond donors (Lipinski definition) is 2. The third-order valence-electron chi connectivity index (χ3n) is 6.72. The summed E-state index contributed by atoms with van der Waals surface area (Å²) in [6, 6.07) is 10.6. The van der Waals surface area contributed by atoms with Crippen LogP contribution in [0.5, 0.6) is 11.5 Å². The van der Waals surface area contributed by atoms with E-state index in [0.29, 0.717) is 42.3 Å². The van der Waals surface area contributed by atoms with E-state index >= 15 is 0 Å². The zero-order chi connectivity index (χ0) is 28.3. The number of benzene rings is 2. The van der Waals surface area contributed by atoms with Crippen molar-refractivity contribution in [1.82, 2.24) is 0 Å². The number of thiophene rings is 1. The summed E-state index contributed by atoms with van der Waals surface area (Å²) < 4.78 is 11.5. The van der Waals surface area contributed by atoms with Gasteiger partial charge in [-0.05, 0) is 101 Å². The van der Waals surface area contributed by atoms with Crippen molar-refractivity contribution in [3.8, 4) is 11.5 Å². The average molecular weight is 681 g/mol. The lowest BCUT2D eigenvalue weighted by molar-refractivity contribution is -0.139. The standard InChI is InChI=1S/C29H30ClIN2O5S/c1-29(2,3)17-5-10-20-23(13-17)39-28(25(20)27(36)33-19-8-6-18(30)7-9-19)32-14-16-11-21(31)26(22(12-16)37-4)38-15-24(34)35/h6-9,11-12,14,17H,5,10,13,15H2,1-4H3,(H,33,36)(H,34,35)/t17-/m0/s1. The maximum Gasteiger partial charge on any atom is 0.341 e. The number of carboxylic acids is 1. The van der Waals surface area contributed by atoms with Crippen molar-refractivity contribution < 1.29 is 24.2 Å². The van der Waals surface area contributed by atoms with Crippen LogP contribution < -0.4 is 14.8 Å². The van der Waals surface area contributed by atoms with Crippen LogP contribution in [0.15, 0.2) is 41.4 Å². The first-order valence-electron chi connectivity index (χ1n) is 12.4. The van der Waals surface area contributed by atoms with Crippen LogP contribution in [0.3, 0.4) is 0 Å². The molecule has 4 rings (SSSR count). The van der Waals surface area contributed by atoms with Crippen LogP contribution in [0.25, 0.3) is 0 Å². The Balaban J connectivity index is 1.69. The first kappa shape index (κ1) is 29.4. The molecule has 1 atom stereocenters. The van der Waals surface area contributed by atoms with Gasteiger partial charge in [0.2, 0.25) is 0 Å². The van der Waals surface area contributed by atoms with Gasteiger partial charge in [0, 0.05) is 21.8 Å². The van der Waals surface area contributed by atoms with E-state index in [-0.39, 0.29) is 11.3 Å². The summed E-state index contributed by atoms with van der Waals surface area (Å²) in [5.74, 6) is 0.0279. The van der Waals surface area contributed by atoms with Crippen LogP contribution in [-0.4, -0.2) is 36.9 Å². The van der Waals surface area contributed by atoms with Gasteiger partial charge in [-0.3, -0.25) is 4.79 Å². The molecule has 206 valence electrons. The lowest BCUT2D eigenvalue weighted by Gasteiger charge is -2.33. The van der Waals surface area contributed by atoms with E-state index in [0.717, 1.165) is 30.4 Å². The number of aliphatic imine (C=N–C) groups is 1. The first-order chi connectivity index (χ1) is 18.5. The number of carbonyl (C=O) groups excluding carboxylic acids is 1. The zero-order valence-corrected chi connectivity index (χ0v) is 25.9. The molecule has 2 aromatic carbocycles. The van der Waals surface area contributed by atoms with E-state index in [1.165, 1.54) is 12.0 Å². The lowest BCUT2D eigenvalue weighted by atomic mass is 9.72. The smallest absolute Gasteiger partial charge is 0.341 e. The molecule has 1 aliphatic carbocycles. The molecule has 1 heterocycles. The molecule has 0 radical (unpaired) electrons. The van der Waals surface area contributed by atoms with Gasteiger partial charge in [0.25, 0.3) is 5.91 Å². The van der Waals surface area contributed by atoms with Gasteiger partial charge in [-0.1, -0.05) is 32.4 Å². The number of nitrogens with zero attached hydrogens (tertiary/aromatic N) is 1. The molecule has 0 aliphatic heterocycles. The highest BCUT2D eigenvalue weighted by molar-refractivity contribution is 14.1. The molecule has 1 amide bonds. The fraction of sp³-hybridized carbons (Fsp3) is 0.345. The minimum atomic E-state index is -1.07. The third kappa shape index (κ3) is 7.12. The summed E-state index contributed by atoms with van der Waals surface area (Å²) in [5.41, 5.74) is 3.26. The summed E-state index contributed by atoms with van der Waals surface area (Å²) in [6.07, 6.45) is 4.46. The normalized spacial score (nSPS) is 15.2. The van der Waals surface area contributed by atoms with Crippen molar-refractivity contribution in [1.29, 1.82) is 0 Å². The largest absolute Gasteiger partial charge is 0.493 e. The quantitative estimate of drug-likeness (QED) is 0.188. The van der Waals surface area contributed by atoms with E-state index < -0.39 is 12.6 Å². The molecule has 39 heavy (non-hydrogen) atoms. The van der Waals surface area contributed by atoms with Gasteiger partial charge in [-0.2, -0.15) is 0 Å². The van der Waals surface area contributed by atoms with E-state index in [2.05, 4.69) is 48.7 Å². The third-order valence-corrected chi connectivity index (χ3v) is 8.94. The Morgan fingerprint density at radius 1 is 1.26 bits per heavy atom. The molecule has 1 aromatic heterocycles. The molecule has 0 saturated carbocycles. The lowest BCUT2D eigenvalue weighted by Crippen LogP contribution is -2.27. The number of ether oxygens (including phenoxy) is 2. The summed E-state index contributed by atoms with van der Waals surface area (Å²) in [4.78, 5) is 30.5. The van der Waals surface area contributed by atoms with Crippen LogP contribution in [-0.2, 0) is 17.6 Å². The van der Waals surface area contributed by atoms with Gasteiger partial charge in [-0.15, -0.1) is 11.3 Å². The molecule has 0 saturated heterocycles. The minimum Gasteiger partial charge on any atom is -0.493 e. The van der Waals surface area contributed by atoms with E-state index in [4.69, 9.17) is 31.2 Å². The highest BCUT2D eigenvalue weighted by atomic mass is 127. The van der Waals surface area contributed by atoms with Crippen molar-refractivity contribution in [2.75, 3.05) is 19.0 Å². The molecule has 0 unspecified atom stereocenters. The van der Waals surface area contributed by atoms with Gasteiger partial charge in [0.05, 0.1) is 16.2 Å². The summed E-state index contributed by atoms with van der Waals surface area (Å²) >= 11 is 9.66. The number of hydrogen-bond acceptors (Lipinski definition) is 6. The number of carbonyl (C=O) groups is 2. The molecule has 1 aliphatic rings. The molecule has 7 nitrogen and oxygen atoms in total. The van der Waals surface area contributed by atoms with Crippen LogP contribution in [0, 0.1) is 14.9 Å². The number of anilines is 1. The number of nitrogens with one attached hydrogen (secondary N) is 1. The van der Waals surface area contributed by atoms with Crippen LogP contribution in [0.2, 0.25) is 5.02 Å². The number of amides is 1. The van der Waals surface area contributed by atoms with E-state index in [1.807, 2.05) is 6.07 Å². The van der Waals surface area contributed by atoms with Crippen molar-refractivity contribution in [2.45, 2.75) is 40.0 Å². The van der Waals surface area contributed by atoms with E-state index in [1.54, 1.807) is 47.9 Å². The molecule has 2 N–H and O–H groups in total. The summed E-state index contributed by atoms with van der Waals surface area (Å²) in [7, 11) is 1.50. The fourth-order valence-electron chi connectivity index (χ4n) is 4.58. The number of methoxy groups -OCH3 is 1. The first-order valence-corrected chi connectivity index (χ1v) is 14.7. The highest BCUT2D eigenvalue weighted by Gasteiger charge is 2.33. The van der Waals surface area contributed by atoms with Gasteiger partial charge in [-0.25, -0.2) is 9.79 Å². The van der Waals surface area contributed by atoms with Gasteiger partial charge in [0.15, 0.2) is 18.1 Å². The molecule has 10 heteroatoms. The van der Waals surface area contributed by atoms with Gasteiger partial charge < -0.3 is 19.9 Å². The van der Waals surface area contributed by atoms with Gasteiger partial charge in [0.1, 0.15) is 5.00 Å². The number of rotatable bonds is 8. The van der Waals surface area contributed by atoms with Crippen molar-refractivity contribution in [3.05, 3.63) is 66.6 Å². The second-order valence-electron chi connectivity index (χ2n) is 10.4. The molecule has 0 spiro atoms. The predicted molar refractivity (Wildman–Crippen MR) is 165 cm³/mol. The molecule has 3 aromatic rings. The Morgan fingerprint density at radius 2 is 1.97 bits per heavy atom. The topological polar surface area (TPSA) is 97.2 Å². The van der Waals surface area contributed by atoms with Crippen LogP contribution in [0.4, 0.5) is 10.7 Å². The minimum absolute atomic E-state index is 0.175. The number of aliphatic carboxylic acids is 1. The highest BCUT2D eigenvalue weighted by Crippen LogP contribution is 2.45. The van der Waals surface area contributed by atoms with Crippen LogP contribution in [0.1, 0.15) is 53.6 Å². The summed E-state index contributed by atoms with van der Waals surface area (Å²) in [5, 5.41) is 13.2. The number of fused-ring (bicyclic) bond motifs is 1. The number of carboxylic acid groups (broad SMARTS) is 1. The Hall–Kier alpha value is -2.63.